The fraction of sp³-hybridized carbons (Fsp3) is 0.176. The Labute approximate surface area is 121 Å². The molecule has 3 nitrogen and oxygen atoms in total. The van der Waals surface area contributed by atoms with Crippen LogP contribution in [0.1, 0.15) is 23.2 Å². The standard InChI is InChI=1S/C17H13FN2O/c18-13-7-5-12(6-8-13)17(9-10-17)16(21)20-11-19-14-3-1-2-4-15(14)20/h1-8,11H,9-10H2. The average molecular weight is 280 g/mol. The maximum atomic E-state index is 13.1. The molecule has 2 aromatic carbocycles. The quantitative estimate of drug-likeness (QED) is 0.719. The van der Waals surface area contributed by atoms with Crippen molar-refractivity contribution in [3.8, 4) is 0 Å². The van der Waals surface area contributed by atoms with Gasteiger partial charge in [-0.05, 0) is 42.7 Å². The molecule has 4 heteroatoms. The average Bonchev–Trinajstić information content (AvgIpc) is 3.21. The minimum Gasteiger partial charge on any atom is -0.273 e. The molecule has 4 rings (SSSR count). The van der Waals surface area contributed by atoms with Crippen molar-refractivity contribution in [1.29, 1.82) is 0 Å². The monoisotopic (exact) mass is 280 g/mol. The van der Waals surface area contributed by atoms with Crippen LogP contribution in [0.3, 0.4) is 0 Å². The van der Waals surface area contributed by atoms with Crippen molar-refractivity contribution >= 4 is 16.9 Å². The first-order valence-corrected chi connectivity index (χ1v) is 6.94. The van der Waals surface area contributed by atoms with Crippen molar-refractivity contribution < 1.29 is 9.18 Å². The van der Waals surface area contributed by atoms with E-state index in [9.17, 15) is 9.18 Å². The molecule has 1 aromatic heterocycles. The van der Waals surface area contributed by atoms with E-state index in [1.165, 1.54) is 12.1 Å². The smallest absolute Gasteiger partial charge is 0.242 e. The van der Waals surface area contributed by atoms with Gasteiger partial charge in [-0.1, -0.05) is 24.3 Å². The lowest BCUT2D eigenvalue weighted by Gasteiger charge is -2.15. The highest BCUT2D eigenvalue weighted by atomic mass is 19.1. The first-order valence-electron chi connectivity index (χ1n) is 6.94. The molecule has 0 aliphatic heterocycles. The van der Waals surface area contributed by atoms with Crippen LogP contribution in [-0.4, -0.2) is 15.5 Å². The predicted octanol–water partition coefficient (Wildman–Crippen LogP) is 3.55. The maximum absolute atomic E-state index is 13.1. The highest BCUT2D eigenvalue weighted by Crippen LogP contribution is 2.49. The summed E-state index contributed by atoms with van der Waals surface area (Å²) in [6, 6.07) is 13.8. The second-order valence-electron chi connectivity index (χ2n) is 5.50. The van der Waals surface area contributed by atoms with Gasteiger partial charge in [0.1, 0.15) is 12.1 Å². The van der Waals surface area contributed by atoms with Crippen LogP contribution in [-0.2, 0) is 5.41 Å². The van der Waals surface area contributed by atoms with E-state index in [-0.39, 0.29) is 11.7 Å². The summed E-state index contributed by atoms with van der Waals surface area (Å²) in [5, 5.41) is 0. The van der Waals surface area contributed by atoms with Crippen LogP contribution < -0.4 is 0 Å². The van der Waals surface area contributed by atoms with Gasteiger partial charge in [-0.15, -0.1) is 0 Å². The summed E-state index contributed by atoms with van der Waals surface area (Å²) in [4.78, 5) is 17.2. The minimum atomic E-state index is -0.517. The normalized spacial score (nSPS) is 16.0. The van der Waals surface area contributed by atoms with E-state index >= 15 is 0 Å². The maximum Gasteiger partial charge on any atom is 0.242 e. The second kappa shape index (κ2) is 4.25. The molecule has 1 aliphatic rings. The van der Waals surface area contributed by atoms with Crippen LogP contribution in [0.5, 0.6) is 0 Å². The first-order chi connectivity index (χ1) is 10.2. The van der Waals surface area contributed by atoms with Crippen LogP contribution in [0.25, 0.3) is 11.0 Å². The molecule has 104 valence electrons. The van der Waals surface area contributed by atoms with Crippen LogP contribution in [0.4, 0.5) is 4.39 Å². The van der Waals surface area contributed by atoms with E-state index in [0.29, 0.717) is 0 Å². The molecular formula is C17H13FN2O. The summed E-state index contributed by atoms with van der Waals surface area (Å²) in [5.41, 5.74) is 1.99. The van der Waals surface area contributed by atoms with Gasteiger partial charge >= 0.3 is 0 Å². The molecule has 0 spiro atoms. The molecule has 1 heterocycles. The zero-order valence-electron chi connectivity index (χ0n) is 11.3. The summed E-state index contributed by atoms with van der Waals surface area (Å²) in [7, 11) is 0. The molecule has 0 amide bonds. The van der Waals surface area contributed by atoms with Gasteiger partial charge in [-0.25, -0.2) is 9.37 Å². The highest BCUT2D eigenvalue weighted by molar-refractivity contribution is 5.98. The highest BCUT2D eigenvalue weighted by Gasteiger charge is 2.52. The molecule has 0 radical (unpaired) electrons. The molecule has 0 atom stereocenters. The first kappa shape index (κ1) is 12.3. The van der Waals surface area contributed by atoms with Gasteiger partial charge in [-0.3, -0.25) is 9.36 Å². The Kier molecular flexibility index (Phi) is 2.48. The molecule has 3 aromatic rings. The van der Waals surface area contributed by atoms with Gasteiger partial charge in [0.05, 0.1) is 16.4 Å². The number of hydrogen-bond acceptors (Lipinski definition) is 2. The van der Waals surface area contributed by atoms with Crippen molar-refractivity contribution in [2.75, 3.05) is 0 Å². The van der Waals surface area contributed by atoms with Gasteiger partial charge in [-0.2, -0.15) is 0 Å². The molecule has 1 aliphatic carbocycles. The molecule has 1 fully saturated rings. The fourth-order valence-corrected chi connectivity index (χ4v) is 2.87. The third-order valence-electron chi connectivity index (χ3n) is 4.23. The largest absolute Gasteiger partial charge is 0.273 e. The number of nitrogens with zero attached hydrogens (tertiary/aromatic N) is 2. The molecule has 0 bridgehead atoms. The summed E-state index contributed by atoms with van der Waals surface area (Å²) in [6.45, 7) is 0. The Hall–Kier alpha value is -2.49. The molecule has 21 heavy (non-hydrogen) atoms. The van der Waals surface area contributed by atoms with Crippen molar-refractivity contribution in [2.45, 2.75) is 18.3 Å². The topological polar surface area (TPSA) is 34.9 Å². The number of benzene rings is 2. The van der Waals surface area contributed by atoms with E-state index in [1.54, 1.807) is 23.0 Å². The Morgan fingerprint density at radius 2 is 1.81 bits per heavy atom. The number of para-hydroxylation sites is 2. The zero-order chi connectivity index (χ0) is 14.4. The third kappa shape index (κ3) is 1.79. The number of halogens is 1. The summed E-state index contributed by atoms with van der Waals surface area (Å²) in [6.07, 6.45) is 3.17. The van der Waals surface area contributed by atoms with Crippen molar-refractivity contribution in [2.24, 2.45) is 0 Å². The number of carbonyl (C=O) groups excluding carboxylic acids is 1. The second-order valence-corrected chi connectivity index (χ2v) is 5.50. The summed E-state index contributed by atoms with van der Waals surface area (Å²) in [5.74, 6) is -0.266. The lowest BCUT2D eigenvalue weighted by molar-refractivity contribution is 0.0867. The number of carbonyl (C=O) groups is 1. The number of fused-ring (bicyclic) bond motifs is 1. The third-order valence-corrected chi connectivity index (χ3v) is 4.23. The van der Waals surface area contributed by atoms with Crippen molar-refractivity contribution in [3.63, 3.8) is 0 Å². The summed E-state index contributed by atoms with van der Waals surface area (Å²) >= 11 is 0. The molecule has 0 N–H and O–H groups in total. The fourth-order valence-electron chi connectivity index (χ4n) is 2.87. The van der Waals surface area contributed by atoms with Crippen LogP contribution in [0.15, 0.2) is 54.9 Å². The van der Waals surface area contributed by atoms with E-state index in [4.69, 9.17) is 0 Å². The molecule has 1 saturated carbocycles. The van der Waals surface area contributed by atoms with E-state index in [1.807, 2.05) is 24.3 Å². The Morgan fingerprint density at radius 3 is 2.52 bits per heavy atom. The van der Waals surface area contributed by atoms with Gasteiger partial charge < -0.3 is 0 Å². The van der Waals surface area contributed by atoms with Gasteiger partial charge in [0.25, 0.3) is 0 Å². The molecular weight excluding hydrogens is 267 g/mol. The van der Waals surface area contributed by atoms with Crippen LogP contribution in [0, 0.1) is 5.82 Å². The SMILES string of the molecule is O=C(n1cnc2ccccc21)C1(c2ccc(F)cc2)CC1. The van der Waals surface area contributed by atoms with Crippen molar-refractivity contribution in [1.82, 2.24) is 9.55 Å². The number of rotatable bonds is 2. The number of imidazole rings is 1. The lowest BCUT2D eigenvalue weighted by atomic mass is 9.95. The predicted molar refractivity (Wildman–Crippen MR) is 77.7 cm³/mol. The number of aromatic nitrogens is 2. The Bertz CT molecular complexity index is 831. The zero-order valence-corrected chi connectivity index (χ0v) is 11.3. The Balaban J connectivity index is 1.79. The number of hydrogen-bond donors (Lipinski definition) is 0. The van der Waals surface area contributed by atoms with Gasteiger partial charge in [0.2, 0.25) is 5.91 Å². The minimum absolute atomic E-state index is 0.0165. The van der Waals surface area contributed by atoms with Crippen molar-refractivity contribution in [3.05, 3.63) is 66.2 Å². The van der Waals surface area contributed by atoms with E-state index < -0.39 is 5.41 Å². The van der Waals surface area contributed by atoms with E-state index in [2.05, 4.69) is 4.98 Å². The van der Waals surface area contributed by atoms with Gasteiger partial charge in [0.15, 0.2) is 0 Å². The molecule has 0 saturated heterocycles. The Morgan fingerprint density at radius 1 is 1.10 bits per heavy atom. The lowest BCUT2D eigenvalue weighted by Crippen LogP contribution is -2.26. The summed E-state index contributed by atoms with van der Waals surface area (Å²) < 4.78 is 14.7. The van der Waals surface area contributed by atoms with Gasteiger partial charge in [0, 0.05) is 0 Å². The van der Waals surface area contributed by atoms with Crippen LogP contribution >= 0.6 is 0 Å². The van der Waals surface area contributed by atoms with Crippen LogP contribution in [0.2, 0.25) is 0 Å². The molecule has 0 unspecified atom stereocenters. The van der Waals surface area contributed by atoms with E-state index in [0.717, 1.165) is 29.4 Å².